The van der Waals surface area contributed by atoms with Crippen molar-refractivity contribution in [1.29, 1.82) is 0 Å². The topological polar surface area (TPSA) is 57.3 Å². The summed E-state index contributed by atoms with van der Waals surface area (Å²) in [5, 5.41) is 5.99. The van der Waals surface area contributed by atoms with Crippen LogP contribution in [-0.4, -0.2) is 37.6 Å². The highest BCUT2D eigenvalue weighted by Gasteiger charge is 2.17. The number of aromatic nitrogens is 1. The number of nitrogens with zero attached hydrogens (tertiary/aromatic N) is 2. The number of anilines is 1. The van der Waals surface area contributed by atoms with E-state index in [4.69, 9.17) is 0 Å². The maximum atomic E-state index is 11.5. The molecular formula is C12H18N4O. The lowest BCUT2D eigenvalue weighted by atomic mass is 10.2. The highest BCUT2D eigenvalue weighted by atomic mass is 16.2. The van der Waals surface area contributed by atoms with E-state index in [1.807, 2.05) is 19.2 Å². The molecule has 0 unspecified atom stereocenters. The lowest BCUT2D eigenvalue weighted by Crippen LogP contribution is -2.34. The minimum Gasteiger partial charge on any atom is -0.354 e. The summed E-state index contributed by atoms with van der Waals surface area (Å²) in [6, 6.07) is 3.97. The van der Waals surface area contributed by atoms with Crippen LogP contribution in [0.1, 0.15) is 12.0 Å². The minimum atomic E-state index is 0.0727. The van der Waals surface area contributed by atoms with Gasteiger partial charge in [0.2, 0.25) is 5.91 Å². The molecule has 2 heterocycles. The zero-order valence-corrected chi connectivity index (χ0v) is 10.1. The van der Waals surface area contributed by atoms with Crippen molar-refractivity contribution in [3.05, 3.63) is 23.9 Å². The van der Waals surface area contributed by atoms with Crippen molar-refractivity contribution in [2.75, 3.05) is 31.6 Å². The van der Waals surface area contributed by atoms with E-state index in [0.29, 0.717) is 6.54 Å². The van der Waals surface area contributed by atoms with E-state index in [-0.39, 0.29) is 5.91 Å². The van der Waals surface area contributed by atoms with Crippen LogP contribution in [-0.2, 0) is 11.3 Å². The Labute approximate surface area is 101 Å². The zero-order valence-electron chi connectivity index (χ0n) is 10.1. The van der Waals surface area contributed by atoms with Gasteiger partial charge in [0.15, 0.2) is 0 Å². The van der Waals surface area contributed by atoms with Crippen LogP contribution in [0.25, 0.3) is 0 Å². The lowest BCUT2D eigenvalue weighted by molar-refractivity contribution is -0.119. The Kier molecular flexibility index (Phi) is 3.93. The van der Waals surface area contributed by atoms with Crippen LogP contribution in [0.3, 0.4) is 0 Å². The molecule has 1 aromatic rings. The molecule has 17 heavy (non-hydrogen) atoms. The fourth-order valence-corrected chi connectivity index (χ4v) is 2.03. The normalized spacial score (nSPS) is 16.5. The van der Waals surface area contributed by atoms with Crippen LogP contribution in [0.15, 0.2) is 18.3 Å². The summed E-state index contributed by atoms with van der Waals surface area (Å²) < 4.78 is 0. The van der Waals surface area contributed by atoms with E-state index in [1.54, 1.807) is 6.20 Å². The standard InChI is InChI=1S/C12H18N4O/c1-13-8-10-4-2-5-15-12(10)16-7-3-6-14-11(17)9-16/h2,4-5,13H,3,6-9H2,1H3,(H,14,17). The van der Waals surface area contributed by atoms with Gasteiger partial charge in [0.1, 0.15) is 5.82 Å². The number of hydrogen-bond donors (Lipinski definition) is 2. The van der Waals surface area contributed by atoms with Gasteiger partial charge in [-0.05, 0) is 19.5 Å². The molecule has 1 fully saturated rings. The van der Waals surface area contributed by atoms with Crippen molar-refractivity contribution >= 4 is 11.7 Å². The fourth-order valence-electron chi connectivity index (χ4n) is 2.03. The molecule has 0 bridgehead atoms. The average Bonchev–Trinajstić information content (AvgIpc) is 2.55. The maximum absolute atomic E-state index is 11.5. The maximum Gasteiger partial charge on any atom is 0.239 e. The van der Waals surface area contributed by atoms with Gasteiger partial charge >= 0.3 is 0 Å². The van der Waals surface area contributed by atoms with E-state index in [9.17, 15) is 4.79 Å². The number of nitrogens with one attached hydrogen (secondary N) is 2. The van der Waals surface area contributed by atoms with Crippen molar-refractivity contribution in [3.63, 3.8) is 0 Å². The zero-order chi connectivity index (χ0) is 12.1. The third kappa shape index (κ3) is 2.94. The molecule has 1 amide bonds. The van der Waals surface area contributed by atoms with E-state index >= 15 is 0 Å². The van der Waals surface area contributed by atoms with Crippen LogP contribution < -0.4 is 15.5 Å². The van der Waals surface area contributed by atoms with Crippen LogP contribution in [0, 0.1) is 0 Å². The van der Waals surface area contributed by atoms with Gasteiger partial charge in [-0.2, -0.15) is 0 Å². The van der Waals surface area contributed by atoms with Gasteiger partial charge in [-0.15, -0.1) is 0 Å². The molecule has 1 aromatic heterocycles. The molecule has 5 heteroatoms. The second-order valence-electron chi connectivity index (χ2n) is 4.14. The Morgan fingerprint density at radius 2 is 2.47 bits per heavy atom. The highest BCUT2D eigenvalue weighted by Crippen LogP contribution is 2.17. The fraction of sp³-hybridized carbons (Fsp3) is 0.500. The molecule has 1 saturated heterocycles. The van der Waals surface area contributed by atoms with E-state index in [1.165, 1.54) is 0 Å². The summed E-state index contributed by atoms with van der Waals surface area (Å²) in [5.41, 5.74) is 1.13. The molecule has 5 nitrogen and oxygen atoms in total. The van der Waals surface area contributed by atoms with Crippen LogP contribution in [0.2, 0.25) is 0 Å². The van der Waals surface area contributed by atoms with Gasteiger partial charge in [0.25, 0.3) is 0 Å². The largest absolute Gasteiger partial charge is 0.354 e. The van der Waals surface area contributed by atoms with Crippen molar-refractivity contribution in [2.24, 2.45) is 0 Å². The molecule has 2 rings (SSSR count). The van der Waals surface area contributed by atoms with Crippen molar-refractivity contribution in [2.45, 2.75) is 13.0 Å². The summed E-state index contributed by atoms with van der Waals surface area (Å²) in [7, 11) is 1.91. The number of carbonyl (C=O) groups is 1. The second-order valence-corrected chi connectivity index (χ2v) is 4.14. The van der Waals surface area contributed by atoms with Crippen LogP contribution in [0.4, 0.5) is 5.82 Å². The molecule has 0 saturated carbocycles. The molecule has 0 radical (unpaired) electrons. The van der Waals surface area contributed by atoms with E-state index < -0.39 is 0 Å². The molecule has 92 valence electrons. The first-order valence-corrected chi connectivity index (χ1v) is 5.91. The monoisotopic (exact) mass is 234 g/mol. The van der Waals surface area contributed by atoms with Crippen molar-refractivity contribution in [1.82, 2.24) is 15.6 Å². The Balaban J connectivity index is 2.22. The van der Waals surface area contributed by atoms with Crippen LogP contribution in [0.5, 0.6) is 0 Å². The van der Waals surface area contributed by atoms with Gasteiger partial charge in [-0.25, -0.2) is 4.98 Å². The Morgan fingerprint density at radius 1 is 1.59 bits per heavy atom. The van der Waals surface area contributed by atoms with Crippen LogP contribution >= 0.6 is 0 Å². The molecule has 0 aromatic carbocycles. The van der Waals surface area contributed by atoms with Gasteiger partial charge in [-0.1, -0.05) is 6.07 Å². The summed E-state index contributed by atoms with van der Waals surface area (Å²) in [6.07, 6.45) is 2.73. The highest BCUT2D eigenvalue weighted by molar-refractivity contribution is 5.81. The molecule has 1 aliphatic rings. The predicted molar refractivity (Wildman–Crippen MR) is 66.8 cm³/mol. The van der Waals surface area contributed by atoms with E-state index in [2.05, 4.69) is 20.5 Å². The summed E-state index contributed by atoms with van der Waals surface area (Å²) in [6.45, 7) is 2.78. The number of carbonyl (C=O) groups excluding carboxylic acids is 1. The number of hydrogen-bond acceptors (Lipinski definition) is 4. The molecule has 2 N–H and O–H groups in total. The van der Waals surface area contributed by atoms with Gasteiger partial charge < -0.3 is 15.5 Å². The number of rotatable bonds is 3. The first-order chi connectivity index (χ1) is 8.31. The third-order valence-corrected chi connectivity index (χ3v) is 2.80. The predicted octanol–water partition coefficient (Wildman–Crippen LogP) is 0.127. The van der Waals surface area contributed by atoms with E-state index in [0.717, 1.165) is 37.4 Å². The van der Waals surface area contributed by atoms with Gasteiger partial charge in [0.05, 0.1) is 6.54 Å². The SMILES string of the molecule is CNCc1cccnc1N1CCCNC(=O)C1. The summed E-state index contributed by atoms with van der Waals surface area (Å²) in [4.78, 5) is 18.0. The smallest absolute Gasteiger partial charge is 0.239 e. The molecule has 0 atom stereocenters. The quantitative estimate of drug-likeness (QED) is 0.780. The molecule has 0 spiro atoms. The second kappa shape index (κ2) is 5.63. The van der Waals surface area contributed by atoms with Gasteiger partial charge in [0, 0.05) is 31.4 Å². The average molecular weight is 234 g/mol. The minimum absolute atomic E-state index is 0.0727. The molecule has 0 aliphatic carbocycles. The first-order valence-electron chi connectivity index (χ1n) is 5.91. The summed E-state index contributed by atoms with van der Waals surface area (Å²) in [5.74, 6) is 0.988. The number of amides is 1. The Hall–Kier alpha value is -1.62. The van der Waals surface area contributed by atoms with Crippen molar-refractivity contribution in [3.8, 4) is 0 Å². The summed E-state index contributed by atoms with van der Waals surface area (Å²) >= 11 is 0. The Bertz CT molecular complexity index is 394. The lowest BCUT2D eigenvalue weighted by Gasteiger charge is -2.22. The Morgan fingerprint density at radius 3 is 3.29 bits per heavy atom. The van der Waals surface area contributed by atoms with Gasteiger partial charge in [-0.3, -0.25) is 4.79 Å². The van der Waals surface area contributed by atoms with Crippen molar-refractivity contribution < 1.29 is 4.79 Å². The first kappa shape index (κ1) is 11.9. The number of pyridine rings is 1. The molecule has 1 aliphatic heterocycles. The third-order valence-electron chi connectivity index (χ3n) is 2.80. The molecular weight excluding hydrogens is 216 g/mol.